The normalized spacial score (nSPS) is 10.2. The number of rotatable bonds is 2. The number of halogens is 1. The summed E-state index contributed by atoms with van der Waals surface area (Å²) in [7, 11) is 0. The molecule has 1 aromatic heterocycles. The molecule has 0 saturated heterocycles. The number of hydrogen-bond acceptors (Lipinski definition) is 2. The maximum Gasteiger partial charge on any atom is 0.137 e. The molecular formula is C9H7FN3. The summed E-state index contributed by atoms with van der Waals surface area (Å²) < 4.78 is 14.3. The first-order valence-corrected chi connectivity index (χ1v) is 3.79. The summed E-state index contributed by atoms with van der Waals surface area (Å²) in [5.74, 6) is -0.256. The minimum atomic E-state index is -0.256. The van der Waals surface area contributed by atoms with E-state index in [9.17, 15) is 4.39 Å². The first kappa shape index (κ1) is 7.91. The van der Waals surface area contributed by atoms with Crippen molar-refractivity contribution in [1.29, 1.82) is 0 Å². The van der Waals surface area contributed by atoms with Gasteiger partial charge in [-0.15, -0.1) is 0 Å². The zero-order chi connectivity index (χ0) is 9.10. The van der Waals surface area contributed by atoms with E-state index in [1.807, 2.05) is 0 Å². The summed E-state index contributed by atoms with van der Waals surface area (Å²) in [6.45, 7) is 1.69. The van der Waals surface area contributed by atoms with Gasteiger partial charge in [-0.3, -0.25) is 0 Å². The smallest absolute Gasteiger partial charge is 0.137 e. The molecule has 0 aliphatic rings. The Balaban J connectivity index is 2.19. The van der Waals surface area contributed by atoms with E-state index < -0.39 is 0 Å². The fourth-order valence-corrected chi connectivity index (χ4v) is 1.02. The van der Waals surface area contributed by atoms with Crippen molar-refractivity contribution < 1.29 is 4.39 Å². The fraction of sp³-hybridized carbons (Fsp3) is 0. The average Bonchev–Trinajstić information content (AvgIpc) is 2.57. The molecule has 0 N–H and O–H groups in total. The Morgan fingerprint density at radius 1 is 1.38 bits per heavy atom. The Bertz CT molecular complexity index is 384. The highest BCUT2D eigenvalue weighted by atomic mass is 19.1. The monoisotopic (exact) mass is 176 g/mol. The van der Waals surface area contributed by atoms with Gasteiger partial charge in [0, 0.05) is 0 Å². The molecule has 13 heavy (non-hydrogen) atoms. The van der Waals surface area contributed by atoms with Gasteiger partial charge in [-0.2, -0.15) is 5.10 Å². The van der Waals surface area contributed by atoms with Crippen LogP contribution in [-0.2, 0) is 0 Å². The predicted molar refractivity (Wildman–Crippen MR) is 45.2 cm³/mol. The summed E-state index contributed by atoms with van der Waals surface area (Å²) in [6.07, 6.45) is 2.97. The highest BCUT2D eigenvalue weighted by Crippen LogP contribution is 2.05. The molecule has 1 radical (unpaired) electrons. The summed E-state index contributed by atoms with van der Waals surface area (Å²) in [6, 6.07) is 6.28. The molecule has 65 valence electrons. The molecule has 4 heteroatoms. The van der Waals surface area contributed by atoms with Gasteiger partial charge >= 0.3 is 0 Å². The van der Waals surface area contributed by atoms with Gasteiger partial charge in [0.2, 0.25) is 0 Å². The van der Waals surface area contributed by atoms with Crippen molar-refractivity contribution in [3.05, 3.63) is 54.8 Å². The van der Waals surface area contributed by atoms with Crippen LogP contribution < -0.4 is 0 Å². The molecule has 0 bridgehead atoms. The molecule has 0 amide bonds. The molecule has 1 heterocycles. The maximum atomic E-state index is 12.7. The van der Waals surface area contributed by atoms with Gasteiger partial charge < -0.3 is 0 Å². The predicted octanol–water partition coefficient (Wildman–Crippen LogP) is 1.48. The Morgan fingerprint density at radius 3 is 3.00 bits per heavy atom. The topological polar surface area (TPSA) is 30.7 Å². The molecule has 2 aromatic rings. The third kappa shape index (κ3) is 1.90. The van der Waals surface area contributed by atoms with E-state index in [0.717, 1.165) is 5.56 Å². The van der Waals surface area contributed by atoms with E-state index in [1.54, 1.807) is 25.0 Å². The molecule has 0 spiro atoms. The Labute approximate surface area is 74.8 Å². The van der Waals surface area contributed by atoms with Crippen LogP contribution in [0.5, 0.6) is 0 Å². The van der Waals surface area contributed by atoms with Crippen LogP contribution in [0.1, 0.15) is 5.56 Å². The highest BCUT2D eigenvalue weighted by molar-refractivity contribution is 5.23. The standard InChI is InChI=1S/C9H7FN3/c10-9-3-1-2-8(4-9)5-13-7-11-6-12-13/h1-7H. The fourth-order valence-electron chi connectivity index (χ4n) is 1.02. The van der Waals surface area contributed by atoms with Gasteiger partial charge in [0.05, 0.1) is 0 Å². The second kappa shape index (κ2) is 3.35. The number of nitrogens with zero attached hydrogens (tertiary/aromatic N) is 3. The summed E-state index contributed by atoms with van der Waals surface area (Å²) in [5.41, 5.74) is 0.755. The molecule has 0 fully saturated rings. The lowest BCUT2D eigenvalue weighted by Crippen LogP contribution is -1.96. The van der Waals surface area contributed by atoms with Gasteiger partial charge in [0.1, 0.15) is 25.0 Å². The third-order valence-electron chi connectivity index (χ3n) is 1.57. The van der Waals surface area contributed by atoms with Crippen molar-refractivity contribution in [2.24, 2.45) is 0 Å². The van der Waals surface area contributed by atoms with Crippen molar-refractivity contribution in [2.75, 3.05) is 0 Å². The van der Waals surface area contributed by atoms with E-state index in [0.29, 0.717) is 0 Å². The SMILES string of the molecule is Fc1cccc([CH]n2cncn2)c1. The molecule has 0 unspecified atom stereocenters. The lowest BCUT2D eigenvalue weighted by molar-refractivity contribution is 0.626. The molecule has 3 nitrogen and oxygen atoms in total. The first-order chi connectivity index (χ1) is 6.34. The van der Waals surface area contributed by atoms with Crippen LogP contribution in [-0.4, -0.2) is 14.8 Å². The van der Waals surface area contributed by atoms with Crippen LogP contribution in [0.4, 0.5) is 4.39 Å². The molecular weight excluding hydrogens is 169 g/mol. The molecule has 0 aliphatic heterocycles. The zero-order valence-electron chi connectivity index (χ0n) is 6.76. The zero-order valence-corrected chi connectivity index (χ0v) is 6.76. The van der Waals surface area contributed by atoms with Crippen molar-refractivity contribution in [3.63, 3.8) is 0 Å². The maximum absolute atomic E-state index is 12.7. The third-order valence-corrected chi connectivity index (χ3v) is 1.57. The number of aromatic nitrogens is 3. The minimum absolute atomic E-state index is 0.256. The van der Waals surface area contributed by atoms with Crippen LogP contribution in [0.2, 0.25) is 0 Å². The summed E-state index contributed by atoms with van der Waals surface area (Å²) in [5, 5.41) is 3.87. The van der Waals surface area contributed by atoms with E-state index >= 15 is 0 Å². The van der Waals surface area contributed by atoms with Crippen LogP contribution >= 0.6 is 0 Å². The van der Waals surface area contributed by atoms with Crippen LogP contribution in [0.15, 0.2) is 36.9 Å². The molecule has 0 saturated carbocycles. The second-order valence-electron chi connectivity index (χ2n) is 2.56. The van der Waals surface area contributed by atoms with E-state index in [-0.39, 0.29) is 5.82 Å². The Kier molecular flexibility index (Phi) is 2.04. The van der Waals surface area contributed by atoms with Crippen molar-refractivity contribution in [3.8, 4) is 0 Å². The summed E-state index contributed by atoms with van der Waals surface area (Å²) in [4.78, 5) is 3.77. The number of benzene rings is 1. The van der Waals surface area contributed by atoms with Gasteiger partial charge in [-0.1, -0.05) is 12.1 Å². The van der Waals surface area contributed by atoms with Gasteiger partial charge in [0.15, 0.2) is 0 Å². The lowest BCUT2D eigenvalue weighted by atomic mass is 10.2. The average molecular weight is 176 g/mol. The van der Waals surface area contributed by atoms with Crippen LogP contribution in [0.25, 0.3) is 0 Å². The lowest BCUT2D eigenvalue weighted by Gasteiger charge is -1.99. The van der Waals surface area contributed by atoms with Crippen molar-refractivity contribution >= 4 is 0 Å². The first-order valence-electron chi connectivity index (χ1n) is 3.79. The van der Waals surface area contributed by atoms with E-state index in [1.165, 1.54) is 23.1 Å². The van der Waals surface area contributed by atoms with E-state index in [4.69, 9.17) is 0 Å². The highest BCUT2D eigenvalue weighted by Gasteiger charge is 1.97. The molecule has 2 rings (SSSR count). The molecule has 0 atom stereocenters. The van der Waals surface area contributed by atoms with Crippen molar-refractivity contribution in [1.82, 2.24) is 14.8 Å². The van der Waals surface area contributed by atoms with Crippen LogP contribution in [0.3, 0.4) is 0 Å². The molecule has 0 aliphatic carbocycles. The van der Waals surface area contributed by atoms with Crippen LogP contribution in [0, 0.1) is 12.4 Å². The summed E-state index contributed by atoms with van der Waals surface area (Å²) >= 11 is 0. The van der Waals surface area contributed by atoms with Crippen molar-refractivity contribution in [2.45, 2.75) is 0 Å². The molecule has 1 aromatic carbocycles. The van der Waals surface area contributed by atoms with Gasteiger partial charge in [-0.05, 0) is 17.7 Å². The second-order valence-corrected chi connectivity index (χ2v) is 2.56. The minimum Gasteiger partial charge on any atom is -0.243 e. The van der Waals surface area contributed by atoms with E-state index in [2.05, 4.69) is 10.1 Å². The van der Waals surface area contributed by atoms with Gasteiger partial charge in [0.25, 0.3) is 0 Å². The quantitative estimate of drug-likeness (QED) is 0.693. The largest absolute Gasteiger partial charge is 0.243 e. The number of hydrogen-bond donors (Lipinski definition) is 0. The Morgan fingerprint density at radius 2 is 2.31 bits per heavy atom. The Hall–Kier alpha value is -1.71. The van der Waals surface area contributed by atoms with Gasteiger partial charge in [-0.25, -0.2) is 14.1 Å².